The zero-order chi connectivity index (χ0) is 15.1. The van der Waals surface area contributed by atoms with E-state index in [1.165, 1.54) is 11.1 Å². The smallest absolute Gasteiger partial charge is 0.0576 e. The standard InChI is InChI=1S/C17H29NOS/c1-6-9-16(18-8-3)17(7-2)20(19)15-11-10-13(4)14(5)12-15/h10-12,16-18H,6-9H2,1-5H3. The second kappa shape index (κ2) is 8.58. The number of aryl methyl sites for hydroxylation is 2. The van der Waals surface area contributed by atoms with Gasteiger partial charge in [0.1, 0.15) is 0 Å². The summed E-state index contributed by atoms with van der Waals surface area (Å²) in [7, 11) is -0.935. The molecule has 0 radical (unpaired) electrons. The summed E-state index contributed by atoms with van der Waals surface area (Å²) in [5.74, 6) is 0. The Hall–Kier alpha value is -0.670. The van der Waals surface area contributed by atoms with Crippen molar-refractivity contribution in [3.05, 3.63) is 29.3 Å². The van der Waals surface area contributed by atoms with Crippen molar-refractivity contribution in [1.82, 2.24) is 5.32 Å². The summed E-state index contributed by atoms with van der Waals surface area (Å²) in [6.45, 7) is 11.6. The Morgan fingerprint density at radius 3 is 2.35 bits per heavy atom. The maximum atomic E-state index is 12.9. The average Bonchev–Trinajstić information content (AvgIpc) is 2.43. The predicted octanol–water partition coefficient (Wildman–Crippen LogP) is 3.97. The Balaban J connectivity index is 2.96. The molecule has 3 heteroatoms. The monoisotopic (exact) mass is 295 g/mol. The fourth-order valence-electron chi connectivity index (χ4n) is 2.59. The van der Waals surface area contributed by atoms with Crippen LogP contribution in [0.5, 0.6) is 0 Å². The van der Waals surface area contributed by atoms with Crippen LogP contribution in [0, 0.1) is 13.8 Å². The van der Waals surface area contributed by atoms with Crippen LogP contribution in [0.4, 0.5) is 0 Å². The zero-order valence-electron chi connectivity index (χ0n) is 13.5. The zero-order valence-corrected chi connectivity index (χ0v) is 14.3. The van der Waals surface area contributed by atoms with Crippen molar-refractivity contribution in [3.63, 3.8) is 0 Å². The van der Waals surface area contributed by atoms with Crippen molar-refractivity contribution >= 4 is 10.8 Å². The molecule has 1 N–H and O–H groups in total. The van der Waals surface area contributed by atoms with E-state index in [2.05, 4.69) is 52.1 Å². The molecule has 0 aromatic heterocycles. The number of hydrogen-bond acceptors (Lipinski definition) is 2. The maximum Gasteiger partial charge on any atom is 0.0576 e. The summed E-state index contributed by atoms with van der Waals surface area (Å²) in [5, 5.41) is 3.71. The summed E-state index contributed by atoms with van der Waals surface area (Å²) in [6.07, 6.45) is 3.15. The topological polar surface area (TPSA) is 29.1 Å². The van der Waals surface area contributed by atoms with Crippen molar-refractivity contribution in [2.24, 2.45) is 0 Å². The van der Waals surface area contributed by atoms with Gasteiger partial charge in [0.05, 0.1) is 16.0 Å². The lowest BCUT2D eigenvalue weighted by Crippen LogP contribution is -2.41. The van der Waals surface area contributed by atoms with E-state index in [4.69, 9.17) is 0 Å². The van der Waals surface area contributed by atoms with E-state index >= 15 is 0 Å². The lowest BCUT2D eigenvalue weighted by atomic mass is 10.1. The molecular formula is C17H29NOS. The Bertz CT molecular complexity index is 439. The maximum absolute atomic E-state index is 12.9. The molecule has 20 heavy (non-hydrogen) atoms. The first-order valence-corrected chi connectivity index (χ1v) is 8.97. The highest BCUT2D eigenvalue weighted by molar-refractivity contribution is 7.85. The molecule has 0 heterocycles. The lowest BCUT2D eigenvalue weighted by Gasteiger charge is -2.26. The molecule has 2 nitrogen and oxygen atoms in total. The number of hydrogen-bond donors (Lipinski definition) is 1. The van der Waals surface area contributed by atoms with E-state index in [0.717, 1.165) is 30.7 Å². The molecule has 3 atom stereocenters. The van der Waals surface area contributed by atoms with Gasteiger partial charge in [-0.15, -0.1) is 0 Å². The molecule has 1 aromatic rings. The van der Waals surface area contributed by atoms with Crippen LogP contribution in [0.3, 0.4) is 0 Å². The molecule has 0 fully saturated rings. The third kappa shape index (κ3) is 4.42. The molecule has 3 unspecified atom stereocenters. The molecule has 0 saturated heterocycles. The molecule has 0 saturated carbocycles. The lowest BCUT2D eigenvalue weighted by molar-refractivity contribution is 0.458. The molecule has 1 rings (SSSR count). The first-order valence-electron chi connectivity index (χ1n) is 7.76. The number of rotatable bonds is 8. The first kappa shape index (κ1) is 17.4. The van der Waals surface area contributed by atoms with Crippen molar-refractivity contribution in [3.8, 4) is 0 Å². The molecule has 0 aliphatic heterocycles. The van der Waals surface area contributed by atoms with E-state index in [1.807, 2.05) is 6.07 Å². The fraction of sp³-hybridized carbons (Fsp3) is 0.647. The largest absolute Gasteiger partial charge is 0.313 e. The van der Waals surface area contributed by atoms with Crippen LogP contribution < -0.4 is 5.32 Å². The van der Waals surface area contributed by atoms with Gasteiger partial charge in [0.15, 0.2) is 0 Å². The third-order valence-electron chi connectivity index (χ3n) is 3.90. The summed E-state index contributed by atoms with van der Waals surface area (Å²) in [5.41, 5.74) is 2.48. The highest BCUT2D eigenvalue weighted by atomic mass is 32.2. The van der Waals surface area contributed by atoms with Gasteiger partial charge in [-0.3, -0.25) is 4.21 Å². The second-order valence-corrected chi connectivity index (χ2v) is 7.11. The summed E-state index contributed by atoms with van der Waals surface area (Å²) in [6, 6.07) is 6.54. The van der Waals surface area contributed by atoms with Gasteiger partial charge in [-0.2, -0.15) is 0 Å². The van der Waals surface area contributed by atoms with Crippen molar-refractivity contribution in [2.45, 2.75) is 70.1 Å². The Labute approximate surface area is 126 Å². The quantitative estimate of drug-likeness (QED) is 0.786. The predicted molar refractivity (Wildman–Crippen MR) is 88.8 cm³/mol. The molecule has 0 bridgehead atoms. The van der Waals surface area contributed by atoms with E-state index in [-0.39, 0.29) is 5.25 Å². The van der Waals surface area contributed by atoms with Gasteiger partial charge in [-0.1, -0.05) is 33.3 Å². The van der Waals surface area contributed by atoms with Crippen molar-refractivity contribution < 1.29 is 4.21 Å². The van der Waals surface area contributed by atoms with Crippen LogP contribution in [0.2, 0.25) is 0 Å². The minimum Gasteiger partial charge on any atom is -0.313 e. The van der Waals surface area contributed by atoms with Crippen LogP contribution in [0.25, 0.3) is 0 Å². The Kier molecular flexibility index (Phi) is 7.46. The average molecular weight is 295 g/mol. The first-order chi connectivity index (χ1) is 9.54. The normalized spacial score (nSPS) is 15.8. The van der Waals surface area contributed by atoms with Gasteiger partial charge in [0.25, 0.3) is 0 Å². The summed E-state index contributed by atoms with van der Waals surface area (Å²) >= 11 is 0. The second-order valence-electron chi connectivity index (χ2n) is 5.44. The molecular weight excluding hydrogens is 266 g/mol. The minimum atomic E-state index is -0.935. The van der Waals surface area contributed by atoms with E-state index < -0.39 is 10.8 Å². The summed E-state index contributed by atoms with van der Waals surface area (Å²) < 4.78 is 12.9. The highest BCUT2D eigenvalue weighted by Crippen LogP contribution is 2.21. The Morgan fingerprint density at radius 1 is 1.15 bits per heavy atom. The highest BCUT2D eigenvalue weighted by Gasteiger charge is 2.25. The van der Waals surface area contributed by atoms with Crippen LogP contribution >= 0.6 is 0 Å². The third-order valence-corrected chi connectivity index (χ3v) is 5.83. The van der Waals surface area contributed by atoms with Crippen LogP contribution in [-0.4, -0.2) is 22.0 Å². The van der Waals surface area contributed by atoms with Crippen LogP contribution in [0.1, 0.15) is 51.2 Å². The number of benzene rings is 1. The Morgan fingerprint density at radius 2 is 1.85 bits per heavy atom. The van der Waals surface area contributed by atoms with Gasteiger partial charge in [-0.05, 0) is 56.5 Å². The van der Waals surface area contributed by atoms with E-state index in [9.17, 15) is 4.21 Å². The van der Waals surface area contributed by atoms with Gasteiger partial charge in [-0.25, -0.2) is 0 Å². The molecule has 0 amide bonds. The van der Waals surface area contributed by atoms with E-state index in [0.29, 0.717) is 6.04 Å². The summed E-state index contributed by atoms with van der Waals surface area (Å²) in [4.78, 5) is 0.971. The van der Waals surface area contributed by atoms with Crippen molar-refractivity contribution in [1.29, 1.82) is 0 Å². The van der Waals surface area contributed by atoms with Gasteiger partial charge in [0, 0.05) is 10.9 Å². The van der Waals surface area contributed by atoms with Crippen LogP contribution in [-0.2, 0) is 10.8 Å². The molecule has 0 aliphatic carbocycles. The molecule has 114 valence electrons. The molecule has 0 spiro atoms. The van der Waals surface area contributed by atoms with Crippen LogP contribution in [0.15, 0.2) is 23.1 Å². The van der Waals surface area contributed by atoms with Gasteiger partial charge < -0.3 is 5.32 Å². The number of nitrogens with one attached hydrogen (secondary N) is 1. The molecule has 1 aromatic carbocycles. The van der Waals surface area contributed by atoms with E-state index in [1.54, 1.807) is 0 Å². The minimum absolute atomic E-state index is 0.192. The van der Waals surface area contributed by atoms with Gasteiger partial charge >= 0.3 is 0 Å². The SMILES string of the molecule is CCCC(NCC)C(CC)S(=O)c1ccc(C)c(C)c1. The van der Waals surface area contributed by atoms with Crippen molar-refractivity contribution in [2.75, 3.05) is 6.54 Å². The fourth-order valence-corrected chi connectivity index (χ4v) is 4.27. The van der Waals surface area contributed by atoms with Gasteiger partial charge in [0.2, 0.25) is 0 Å². The molecule has 0 aliphatic rings.